The Labute approximate surface area is 116 Å². The molecule has 1 unspecified atom stereocenters. The van der Waals surface area contributed by atoms with E-state index in [0.717, 1.165) is 30.9 Å². The maximum absolute atomic E-state index is 13.4. The van der Waals surface area contributed by atoms with E-state index in [1.54, 1.807) is 12.1 Å². The largest absolute Gasteiger partial charge is 0.314 e. The minimum absolute atomic E-state index is 0.113. The molecule has 1 aliphatic carbocycles. The molecule has 2 heteroatoms. The van der Waals surface area contributed by atoms with Crippen molar-refractivity contribution in [2.24, 2.45) is 5.92 Å². The summed E-state index contributed by atoms with van der Waals surface area (Å²) in [6.45, 7) is 5.33. The molecule has 0 heterocycles. The van der Waals surface area contributed by atoms with Crippen molar-refractivity contribution in [3.05, 3.63) is 35.1 Å². The van der Waals surface area contributed by atoms with Crippen molar-refractivity contribution >= 4 is 0 Å². The van der Waals surface area contributed by atoms with Crippen LogP contribution in [0.1, 0.15) is 50.2 Å². The second-order valence-electron chi connectivity index (χ2n) is 5.96. The highest BCUT2D eigenvalue weighted by molar-refractivity contribution is 5.27. The number of rotatable bonds is 7. The fraction of sp³-hybridized carbons (Fsp3) is 0.647. The first kappa shape index (κ1) is 14.5. The van der Waals surface area contributed by atoms with Gasteiger partial charge in [0.1, 0.15) is 5.82 Å². The Balaban J connectivity index is 1.98. The molecule has 1 aromatic carbocycles. The smallest absolute Gasteiger partial charge is 0.123 e. The highest BCUT2D eigenvalue weighted by Gasteiger charge is 2.22. The summed E-state index contributed by atoms with van der Waals surface area (Å²) < 4.78 is 13.4. The van der Waals surface area contributed by atoms with Gasteiger partial charge in [0.2, 0.25) is 0 Å². The average molecular weight is 263 g/mol. The summed E-state index contributed by atoms with van der Waals surface area (Å²) in [4.78, 5) is 0. The molecule has 2 rings (SSSR count). The standard InChI is InChI=1S/C17H26FN/c1-3-9-19-17(10-14-5-4-6-14)12-15-11-16(18)8-7-13(15)2/h7-8,11,14,17,19H,3-6,9-10,12H2,1-2H3. The van der Waals surface area contributed by atoms with Gasteiger partial charge in [-0.05, 0) is 61.9 Å². The van der Waals surface area contributed by atoms with Gasteiger partial charge in [0.25, 0.3) is 0 Å². The minimum Gasteiger partial charge on any atom is -0.314 e. The van der Waals surface area contributed by atoms with Crippen molar-refractivity contribution in [1.82, 2.24) is 5.32 Å². The molecule has 19 heavy (non-hydrogen) atoms. The van der Waals surface area contributed by atoms with E-state index in [9.17, 15) is 4.39 Å². The predicted octanol–water partition coefficient (Wildman–Crippen LogP) is 4.24. The number of hydrogen-bond acceptors (Lipinski definition) is 1. The van der Waals surface area contributed by atoms with E-state index >= 15 is 0 Å². The zero-order valence-electron chi connectivity index (χ0n) is 12.2. The van der Waals surface area contributed by atoms with Gasteiger partial charge >= 0.3 is 0 Å². The fourth-order valence-corrected chi connectivity index (χ4v) is 2.84. The van der Waals surface area contributed by atoms with Crippen LogP contribution in [0.4, 0.5) is 4.39 Å². The molecule has 0 aromatic heterocycles. The quantitative estimate of drug-likeness (QED) is 0.776. The summed E-state index contributed by atoms with van der Waals surface area (Å²) in [7, 11) is 0. The molecule has 1 nitrogen and oxygen atoms in total. The second-order valence-corrected chi connectivity index (χ2v) is 5.96. The number of halogens is 1. The van der Waals surface area contributed by atoms with Crippen molar-refractivity contribution in [1.29, 1.82) is 0 Å². The molecule has 0 aliphatic heterocycles. The lowest BCUT2D eigenvalue weighted by molar-refractivity contribution is 0.259. The normalized spacial score (nSPS) is 17.2. The van der Waals surface area contributed by atoms with Crippen LogP contribution in [-0.2, 0) is 6.42 Å². The van der Waals surface area contributed by atoms with Crippen LogP contribution in [0.25, 0.3) is 0 Å². The Bertz CT molecular complexity index is 398. The molecule has 0 radical (unpaired) electrons. The van der Waals surface area contributed by atoms with Gasteiger partial charge in [-0.3, -0.25) is 0 Å². The van der Waals surface area contributed by atoms with E-state index in [1.807, 2.05) is 6.07 Å². The molecule has 1 saturated carbocycles. The molecule has 0 spiro atoms. The van der Waals surface area contributed by atoms with Crippen LogP contribution in [0.2, 0.25) is 0 Å². The average Bonchev–Trinajstić information content (AvgIpc) is 2.34. The van der Waals surface area contributed by atoms with E-state index in [1.165, 1.54) is 31.2 Å². The predicted molar refractivity (Wildman–Crippen MR) is 78.9 cm³/mol. The molecular formula is C17H26FN. The van der Waals surface area contributed by atoms with Crippen molar-refractivity contribution < 1.29 is 4.39 Å². The number of benzene rings is 1. The summed E-state index contributed by atoms with van der Waals surface area (Å²) in [5.74, 6) is 0.779. The van der Waals surface area contributed by atoms with Crippen LogP contribution >= 0.6 is 0 Å². The third kappa shape index (κ3) is 4.31. The summed E-state index contributed by atoms with van der Waals surface area (Å²) >= 11 is 0. The zero-order valence-corrected chi connectivity index (χ0v) is 12.2. The lowest BCUT2D eigenvalue weighted by atomic mass is 9.79. The lowest BCUT2D eigenvalue weighted by Crippen LogP contribution is -2.35. The third-order valence-corrected chi connectivity index (χ3v) is 4.30. The second kappa shape index (κ2) is 7.04. The van der Waals surface area contributed by atoms with Crippen molar-refractivity contribution in [2.45, 2.75) is 58.4 Å². The van der Waals surface area contributed by atoms with Crippen molar-refractivity contribution in [3.63, 3.8) is 0 Å². The van der Waals surface area contributed by atoms with E-state index in [2.05, 4.69) is 19.2 Å². The topological polar surface area (TPSA) is 12.0 Å². The maximum atomic E-state index is 13.4. The summed E-state index contributed by atoms with van der Waals surface area (Å²) in [5.41, 5.74) is 2.37. The first-order valence-corrected chi connectivity index (χ1v) is 7.67. The van der Waals surface area contributed by atoms with Gasteiger partial charge in [-0.25, -0.2) is 4.39 Å². The van der Waals surface area contributed by atoms with Crippen LogP contribution in [-0.4, -0.2) is 12.6 Å². The molecule has 1 aliphatic rings. The van der Waals surface area contributed by atoms with Gasteiger partial charge in [0, 0.05) is 6.04 Å². The summed E-state index contributed by atoms with van der Waals surface area (Å²) in [5, 5.41) is 3.64. The van der Waals surface area contributed by atoms with E-state index < -0.39 is 0 Å². The van der Waals surface area contributed by atoms with Gasteiger partial charge in [-0.1, -0.05) is 32.3 Å². The Kier molecular flexibility index (Phi) is 5.38. The molecule has 1 aromatic rings. The van der Waals surface area contributed by atoms with Crippen molar-refractivity contribution in [3.8, 4) is 0 Å². The molecule has 106 valence electrons. The highest BCUT2D eigenvalue weighted by Crippen LogP contribution is 2.31. The van der Waals surface area contributed by atoms with Gasteiger partial charge in [0.15, 0.2) is 0 Å². The molecule has 1 N–H and O–H groups in total. The van der Waals surface area contributed by atoms with E-state index in [-0.39, 0.29) is 5.82 Å². The van der Waals surface area contributed by atoms with E-state index in [4.69, 9.17) is 0 Å². The molecule has 0 amide bonds. The Morgan fingerprint density at radius 1 is 1.37 bits per heavy atom. The maximum Gasteiger partial charge on any atom is 0.123 e. The van der Waals surface area contributed by atoms with Gasteiger partial charge in [0.05, 0.1) is 0 Å². The van der Waals surface area contributed by atoms with Crippen LogP contribution < -0.4 is 5.32 Å². The van der Waals surface area contributed by atoms with Gasteiger partial charge in [-0.15, -0.1) is 0 Å². The third-order valence-electron chi connectivity index (χ3n) is 4.30. The highest BCUT2D eigenvalue weighted by atomic mass is 19.1. The number of aryl methyl sites for hydroxylation is 1. The molecule has 0 saturated heterocycles. The Morgan fingerprint density at radius 2 is 2.16 bits per heavy atom. The Morgan fingerprint density at radius 3 is 2.79 bits per heavy atom. The van der Waals surface area contributed by atoms with Crippen LogP contribution in [0.3, 0.4) is 0 Å². The van der Waals surface area contributed by atoms with Crippen molar-refractivity contribution in [2.75, 3.05) is 6.54 Å². The van der Waals surface area contributed by atoms with Crippen LogP contribution in [0.15, 0.2) is 18.2 Å². The first-order valence-electron chi connectivity index (χ1n) is 7.67. The monoisotopic (exact) mass is 263 g/mol. The van der Waals surface area contributed by atoms with Gasteiger partial charge < -0.3 is 5.32 Å². The van der Waals surface area contributed by atoms with Crippen LogP contribution in [0, 0.1) is 18.7 Å². The zero-order chi connectivity index (χ0) is 13.7. The molecule has 1 atom stereocenters. The lowest BCUT2D eigenvalue weighted by Gasteiger charge is -2.30. The summed E-state index contributed by atoms with van der Waals surface area (Å²) in [6, 6.07) is 5.66. The number of hydrogen-bond donors (Lipinski definition) is 1. The fourth-order valence-electron chi connectivity index (χ4n) is 2.84. The molecule has 0 bridgehead atoms. The van der Waals surface area contributed by atoms with Gasteiger partial charge in [-0.2, -0.15) is 0 Å². The summed E-state index contributed by atoms with van der Waals surface area (Å²) in [6.07, 6.45) is 7.52. The van der Waals surface area contributed by atoms with Crippen LogP contribution in [0.5, 0.6) is 0 Å². The van der Waals surface area contributed by atoms with E-state index in [0.29, 0.717) is 6.04 Å². The molecular weight excluding hydrogens is 237 g/mol. The molecule has 1 fully saturated rings. The number of nitrogens with one attached hydrogen (secondary N) is 1. The Hall–Kier alpha value is -0.890. The minimum atomic E-state index is -0.113. The SMILES string of the molecule is CCCNC(Cc1cc(F)ccc1C)CC1CCC1. The first-order chi connectivity index (χ1) is 9.19.